The van der Waals surface area contributed by atoms with Gasteiger partial charge in [0, 0.05) is 26.7 Å². The van der Waals surface area contributed by atoms with Gasteiger partial charge in [-0.3, -0.25) is 4.79 Å². The number of thiophene rings is 1. The summed E-state index contributed by atoms with van der Waals surface area (Å²) in [4.78, 5) is 31.3. The SMILES string of the molecule is Cc1ccc2[nH]c(=O)c(CN(Cc3cccs3)C(=O)Nc3cccc(Cl)c3)cc2c1. The lowest BCUT2D eigenvalue weighted by Crippen LogP contribution is -2.35. The second kappa shape index (κ2) is 8.73. The zero-order valence-corrected chi connectivity index (χ0v) is 17.9. The van der Waals surface area contributed by atoms with E-state index in [4.69, 9.17) is 11.6 Å². The average Bonchev–Trinajstić information content (AvgIpc) is 3.21. The fraction of sp³-hybridized carbons (Fsp3) is 0.130. The van der Waals surface area contributed by atoms with Crippen LogP contribution in [0, 0.1) is 6.92 Å². The van der Waals surface area contributed by atoms with Gasteiger partial charge in [0.1, 0.15) is 0 Å². The van der Waals surface area contributed by atoms with E-state index in [1.807, 2.05) is 48.7 Å². The molecule has 7 heteroatoms. The molecule has 4 rings (SSSR count). The van der Waals surface area contributed by atoms with Gasteiger partial charge in [0.25, 0.3) is 5.56 Å². The number of aromatic amines is 1. The number of aryl methyl sites for hydroxylation is 1. The molecule has 0 saturated heterocycles. The number of aromatic nitrogens is 1. The summed E-state index contributed by atoms with van der Waals surface area (Å²) in [6.45, 7) is 2.59. The Morgan fingerprint density at radius 1 is 1.10 bits per heavy atom. The van der Waals surface area contributed by atoms with Gasteiger partial charge in [-0.2, -0.15) is 0 Å². The molecule has 0 aliphatic carbocycles. The molecule has 2 heterocycles. The molecule has 30 heavy (non-hydrogen) atoms. The molecule has 5 nitrogen and oxygen atoms in total. The molecule has 2 N–H and O–H groups in total. The van der Waals surface area contributed by atoms with Crippen molar-refractivity contribution < 1.29 is 4.79 Å². The van der Waals surface area contributed by atoms with E-state index in [2.05, 4.69) is 10.3 Å². The number of pyridine rings is 1. The van der Waals surface area contributed by atoms with E-state index >= 15 is 0 Å². The molecule has 0 bridgehead atoms. The minimum atomic E-state index is -0.297. The Balaban J connectivity index is 1.64. The van der Waals surface area contributed by atoms with E-state index in [9.17, 15) is 9.59 Å². The lowest BCUT2D eigenvalue weighted by atomic mass is 10.1. The fourth-order valence-corrected chi connectivity index (χ4v) is 4.16. The van der Waals surface area contributed by atoms with Crippen LogP contribution >= 0.6 is 22.9 Å². The summed E-state index contributed by atoms with van der Waals surface area (Å²) in [7, 11) is 0. The predicted molar refractivity (Wildman–Crippen MR) is 123 cm³/mol. The lowest BCUT2D eigenvalue weighted by molar-refractivity contribution is 0.207. The van der Waals surface area contributed by atoms with Crippen molar-refractivity contribution in [3.05, 3.63) is 97.4 Å². The smallest absolute Gasteiger partial charge is 0.322 e. The molecular weight excluding hydrogens is 418 g/mol. The summed E-state index contributed by atoms with van der Waals surface area (Å²) in [6, 6.07) is 18.3. The summed E-state index contributed by atoms with van der Waals surface area (Å²) in [5.41, 5.74) is 2.83. The first-order chi connectivity index (χ1) is 14.5. The highest BCUT2D eigenvalue weighted by Crippen LogP contribution is 2.19. The largest absolute Gasteiger partial charge is 0.322 e. The number of hydrogen-bond donors (Lipinski definition) is 2. The molecule has 2 amide bonds. The zero-order chi connectivity index (χ0) is 21.1. The van der Waals surface area contributed by atoms with Crippen LogP contribution in [0.15, 0.2) is 70.8 Å². The number of fused-ring (bicyclic) bond motifs is 1. The van der Waals surface area contributed by atoms with Gasteiger partial charge in [-0.25, -0.2) is 4.79 Å². The summed E-state index contributed by atoms with van der Waals surface area (Å²) in [6.07, 6.45) is 0. The molecule has 0 unspecified atom stereocenters. The Kier molecular flexibility index (Phi) is 5.88. The summed E-state index contributed by atoms with van der Waals surface area (Å²) in [5.74, 6) is 0. The number of halogens is 1. The molecule has 0 spiro atoms. The van der Waals surface area contributed by atoms with Gasteiger partial charge in [-0.05, 0) is 60.2 Å². The second-order valence-electron chi connectivity index (χ2n) is 7.09. The Bertz CT molecular complexity index is 1250. The molecule has 0 saturated carbocycles. The van der Waals surface area contributed by atoms with Crippen LogP contribution < -0.4 is 10.9 Å². The maximum Gasteiger partial charge on any atom is 0.322 e. The molecule has 0 radical (unpaired) electrons. The predicted octanol–water partition coefficient (Wildman–Crippen LogP) is 5.79. The van der Waals surface area contributed by atoms with Crippen LogP contribution in [0.25, 0.3) is 10.9 Å². The molecule has 0 fully saturated rings. The third-order valence-electron chi connectivity index (χ3n) is 4.73. The molecule has 2 aromatic carbocycles. The maximum atomic E-state index is 13.0. The van der Waals surface area contributed by atoms with Gasteiger partial charge >= 0.3 is 6.03 Å². The number of benzene rings is 2. The molecule has 0 aliphatic rings. The highest BCUT2D eigenvalue weighted by molar-refractivity contribution is 7.09. The van der Waals surface area contributed by atoms with Crippen LogP contribution in [0.5, 0.6) is 0 Å². The van der Waals surface area contributed by atoms with Crippen molar-refractivity contribution in [3.63, 3.8) is 0 Å². The second-order valence-corrected chi connectivity index (χ2v) is 8.56. The van der Waals surface area contributed by atoms with Crippen molar-refractivity contribution >= 4 is 45.6 Å². The van der Waals surface area contributed by atoms with E-state index in [0.29, 0.717) is 22.8 Å². The molecule has 0 atom stereocenters. The van der Waals surface area contributed by atoms with Crippen LogP contribution in [-0.2, 0) is 13.1 Å². The number of carbonyl (C=O) groups is 1. The number of anilines is 1. The van der Waals surface area contributed by atoms with Crippen molar-refractivity contribution in [1.29, 1.82) is 0 Å². The molecular formula is C23H20ClN3O2S. The molecule has 4 aromatic rings. The summed E-state index contributed by atoms with van der Waals surface area (Å²) >= 11 is 7.60. The van der Waals surface area contributed by atoms with E-state index in [1.54, 1.807) is 40.5 Å². The quantitative estimate of drug-likeness (QED) is 0.415. The van der Waals surface area contributed by atoms with Crippen LogP contribution in [0.4, 0.5) is 10.5 Å². The Labute approximate surface area is 182 Å². The van der Waals surface area contributed by atoms with E-state index in [0.717, 1.165) is 21.3 Å². The average molecular weight is 438 g/mol. The van der Waals surface area contributed by atoms with E-state index in [-0.39, 0.29) is 18.1 Å². The van der Waals surface area contributed by atoms with Crippen molar-refractivity contribution in [1.82, 2.24) is 9.88 Å². The zero-order valence-electron chi connectivity index (χ0n) is 16.3. The lowest BCUT2D eigenvalue weighted by Gasteiger charge is -2.22. The number of rotatable bonds is 5. The third kappa shape index (κ3) is 4.72. The minimum absolute atomic E-state index is 0.184. The van der Waals surface area contributed by atoms with E-state index < -0.39 is 0 Å². The normalized spacial score (nSPS) is 10.9. The van der Waals surface area contributed by atoms with Gasteiger partial charge in [0.05, 0.1) is 13.1 Å². The van der Waals surface area contributed by atoms with Crippen molar-refractivity contribution in [2.24, 2.45) is 0 Å². The molecule has 2 aromatic heterocycles. The van der Waals surface area contributed by atoms with Gasteiger partial charge in [0.2, 0.25) is 0 Å². The first-order valence-corrected chi connectivity index (χ1v) is 10.7. The number of nitrogens with zero attached hydrogens (tertiary/aromatic N) is 1. The first-order valence-electron chi connectivity index (χ1n) is 9.44. The summed E-state index contributed by atoms with van der Waals surface area (Å²) in [5, 5.41) is 6.32. The van der Waals surface area contributed by atoms with Gasteiger partial charge in [-0.1, -0.05) is 35.4 Å². The van der Waals surface area contributed by atoms with Crippen LogP contribution in [0.1, 0.15) is 16.0 Å². The Morgan fingerprint density at radius 2 is 1.97 bits per heavy atom. The number of carbonyl (C=O) groups excluding carboxylic acids is 1. The first kappa shape index (κ1) is 20.2. The van der Waals surface area contributed by atoms with Gasteiger partial charge in [-0.15, -0.1) is 11.3 Å². The van der Waals surface area contributed by atoms with E-state index in [1.165, 1.54) is 0 Å². The monoisotopic (exact) mass is 437 g/mol. The number of hydrogen-bond acceptors (Lipinski definition) is 3. The third-order valence-corrected chi connectivity index (χ3v) is 5.82. The molecule has 0 aliphatic heterocycles. The number of nitrogens with one attached hydrogen (secondary N) is 2. The highest BCUT2D eigenvalue weighted by Gasteiger charge is 2.18. The number of H-pyrrole nitrogens is 1. The minimum Gasteiger partial charge on any atom is -0.322 e. The van der Waals surface area contributed by atoms with Crippen molar-refractivity contribution in [2.45, 2.75) is 20.0 Å². The Hall–Kier alpha value is -3.09. The van der Waals surface area contributed by atoms with Gasteiger partial charge < -0.3 is 15.2 Å². The fourth-order valence-electron chi connectivity index (χ4n) is 3.25. The standard InChI is InChI=1S/C23H20ClN3O2S/c1-15-7-8-21-16(10-15)11-17(22(28)26-21)13-27(14-20-6-3-9-30-20)23(29)25-19-5-2-4-18(24)12-19/h2-12H,13-14H2,1H3,(H,25,29)(H,26,28). The van der Waals surface area contributed by atoms with Crippen molar-refractivity contribution in [2.75, 3.05) is 5.32 Å². The molecule has 152 valence electrons. The Morgan fingerprint density at radius 3 is 2.73 bits per heavy atom. The van der Waals surface area contributed by atoms with Crippen LogP contribution in [0.2, 0.25) is 5.02 Å². The number of amides is 2. The van der Waals surface area contributed by atoms with Crippen LogP contribution in [-0.4, -0.2) is 15.9 Å². The topological polar surface area (TPSA) is 65.2 Å². The summed E-state index contributed by atoms with van der Waals surface area (Å²) < 4.78 is 0. The highest BCUT2D eigenvalue weighted by atomic mass is 35.5. The van der Waals surface area contributed by atoms with Gasteiger partial charge in [0.15, 0.2) is 0 Å². The number of urea groups is 1. The van der Waals surface area contributed by atoms with Crippen LogP contribution in [0.3, 0.4) is 0 Å². The maximum absolute atomic E-state index is 13.0. The van der Waals surface area contributed by atoms with Crippen molar-refractivity contribution in [3.8, 4) is 0 Å².